The van der Waals surface area contributed by atoms with Gasteiger partial charge >= 0.3 is 5.97 Å². The third-order valence-electron chi connectivity index (χ3n) is 3.99. The van der Waals surface area contributed by atoms with Gasteiger partial charge < -0.3 is 14.5 Å². The first-order valence-corrected chi connectivity index (χ1v) is 9.24. The van der Waals surface area contributed by atoms with E-state index in [1.54, 1.807) is 43.3 Å². The molecule has 0 bridgehead atoms. The molecule has 1 heterocycles. The standard InChI is InChI=1S/C22H20FN3O4/c1-2-29-22(28)16-5-3-15(4-6-16)20-12-11-19(30-20)13-25-26-21(27)14-24-18-9-7-17(23)8-10-18/h3-13,24H,2,14H2,1H3,(H,26,27)/b25-13-. The van der Waals surface area contributed by atoms with Crippen molar-refractivity contribution in [2.75, 3.05) is 18.5 Å². The lowest BCUT2D eigenvalue weighted by Gasteiger charge is -2.04. The van der Waals surface area contributed by atoms with Gasteiger partial charge in [-0.3, -0.25) is 4.79 Å². The van der Waals surface area contributed by atoms with Crippen LogP contribution < -0.4 is 10.7 Å². The molecule has 7 nitrogen and oxygen atoms in total. The van der Waals surface area contributed by atoms with Crippen molar-refractivity contribution in [3.8, 4) is 11.3 Å². The number of ether oxygens (including phenoxy) is 1. The molecule has 0 saturated carbocycles. The summed E-state index contributed by atoms with van der Waals surface area (Å²) in [5.74, 6) is -0.0392. The molecule has 0 radical (unpaired) electrons. The van der Waals surface area contributed by atoms with Crippen LogP contribution in [0.4, 0.5) is 10.1 Å². The number of benzene rings is 2. The van der Waals surface area contributed by atoms with E-state index < -0.39 is 0 Å². The van der Waals surface area contributed by atoms with E-state index in [9.17, 15) is 14.0 Å². The molecule has 0 aliphatic carbocycles. The Morgan fingerprint density at radius 1 is 1.07 bits per heavy atom. The Morgan fingerprint density at radius 2 is 1.80 bits per heavy atom. The Morgan fingerprint density at radius 3 is 2.50 bits per heavy atom. The molecule has 0 atom stereocenters. The van der Waals surface area contributed by atoms with E-state index in [4.69, 9.17) is 9.15 Å². The molecule has 0 unspecified atom stereocenters. The average Bonchev–Trinajstić information content (AvgIpc) is 3.22. The maximum atomic E-state index is 12.8. The lowest BCUT2D eigenvalue weighted by Crippen LogP contribution is -2.25. The highest BCUT2D eigenvalue weighted by atomic mass is 19.1. The van der Waals surface area contributed by atoms with Gasteiger partial charge in [0, 0.05) is 11.3 Å². The number of esters is 1. The lowest BCUT2D eigenvalue weighted by molar-refractivity contribution is -0.119. The maximum Gasteiger partial charge on any atom is 0.338 e. The van der Waals surface area contributed by atoms with Crippen molar-refractivity contribution in [1.29, 1.82) is 0 Å². The highest BCUT2D eigenvalue weighted by Crippen LogP contribution is 2.22. The predicted octanol–water partition coefficient (Wildman–Crippen LogP) is 3.82. The zero-order chi connectivity index (χ0) is 21.3. The molecule has 8 heteroatoms. The number of hydrogen-bond donors (Lipinski definition) is 2. The van der Waals surface area contributed by atoms with Gasteiger partial charge in [0.2, 0.25) is 0 Å². The third-order valence-corrected chi connectivity index (χ3v) is 3.99. The molecule has 1 aromatic heterocycles. The zero-order valence-electron chi connectivity index (χ0n) is 16.2. The monoisotopic (exact) mass is 409 g/mol. The summed E-state index contributed by atoms with van der Waals surface area (Å²) in [4.78, 5) is 23.5. The minimum Gasteiger partial charge on any atom is -0.462 e. The van der Waals surface area contributed by atoms with Crippen LogP contribution in [-0.4, -0.2) is 31.2 Å². The Balaban J connectivity index is 1.51. The van der Waals surface area contributed by atoms with E-state index in [0.29, 0.717) is 29.4 Å². The van der Waals surface area contributed by atoms with E-state index in [1.165, 1.54) is 30.5 Å². The van der Waals surface area contributed by atoms with Crippen LogP contribution in [0, 0.1) is 5.82 Å². The van der Waals surface area contributed by atoms with E-state index >= 15 is 0 Å². The minimum absolute atomic E-state index is 0.0147. The molecule has 0 fully saturated rings. The van der Waals surface area contributed by atoms with Gasteiger partial charge in [0.05, 0.1) is 24.9 Å². The Hall–Kier alpha value is -3.94. The summed E-state index contributed by atoms with van der Waals surface area (Å²) in [6.45, 7) is 2.06. The van der Waals surface area contributed by atoms with Gasteiger partial charge in [-0.1, -0.05) is 12.1 Å². The Bertz CT molecular complexity index is 1030. The number of nitrogens with one attached hydrogen (secondary N) is 2. The van der Waals surface area contributed by atoms with Gasteiger partial charge in [0.15, 0.2) is 0 Å². The van der Waals surface area contributed by atoms with Gasteiger partial charge in [-0.05, 0) is 55.5 Å². The van der Waals surface area contributed by atoms with E-state index in [1.807, 2.05) is 0 Å². The first-order valence-electron chi connectivity index (χ1n) is 9.24. The number of anilines is 1. The normalized spacial score (nSPS) is 10.7. The molecule has 3 rings (SSSR count). The molecule has 0 saturated heterocycles. The van der Waals surface area contributed by atoms with Gasteiger partial charge in [0.25, 0.3) is 5.91 Å². The second kappa shape index (κ2) is 10.0. The quantitative estimate of drug-likeness (QED) is 0.335. The predicted molar refractivity (Wildman–Crippen MR) is 111 cm³/mol. The number of furan rings is 1. The number of carbonyl (C=O) groups excluding carboxylic acids is 2. The van der Waals surface area contributed by atoms with Gasteiger partial charge in [-0.2, -0.15) is 5.10 Å². The number of nitrogens with zero attached hydrogens (tertiary/aromatic N) is 1. The Kier molecular flexibility index (Phi) is 6.94. The molecule has 0 spiro atoms. The fourth-order valence-corrected chi connectivity index (χ4v) is 2.52. The number of carbonyl (C=O) groups is 2. The summed E-state index contributed by atoms with van der Waals surface area (Å²) < 4.78 is 23.5. The molecule has 30 heavy (non-hydrogen) atoms. The van der Waals surface area contributed by atoms with E-state index in [-0.39, 0.29) is 24.2 Å². The third kappa shape index (κ3) is 5.78. The first kappa shape index (κ1) is 20.8. The van der Waals surface area contributed by atoms with Crippen molar-refractivity contribution >= 4 is 23.8 Å². The van der Waals surface area contributed by atoms with Gasteiger partial charge in [-0.25, -0.2) is 14.6 Å². The maximum absolute atomic E-state index is 12.8. The van der Waals surface area contributed by atoms with Crippen LogP contribution in [-0.2, 0) is 9.53 Å². The molecule has 154 valence electrons. The number of rotatable bonds is 8. The SMILES string of the molecule is CCOC(=O)c1ccc(-c2ccc(/C=N\NC(=O)CNc3ccc(F)cc3)o2)cc1. The summed E-state index contributed by atoms with van der Waals surface area (Å²) in [6.07, 6.45) is 1.38. The smallest absolute Gasteiger partial charge is 0.338 e. The van der Waals surface area contributed by atoms with Crippen LogP contribution in [0.3, 0.4) is 0 Å². The number of amides is 1. The molecule has 1 amide bonds. The van der Waals surface area contributed by atoms with Crippen molar-refractivity contribution in [1.82, 2.24) is 5.43 Å². The molecule has 0 aliphatic heterocycles. The fraction of sp³-hybridized carbons (Fsp3) is 0.136. The molecule has 2 aromatic carbocycles. The Labute approximate surface area is 172 Å². The van der Waals surface area contributed by atoms with Crippen LogP contribution in [0.5, 0.6) is 0 Å². The summed E-state index contributed by atoms with van der Waals surface area (Å²) in [5.41, 5.74) is 4.25. The van der Waals surface area contributed by atoms with E-state index in [2.05, 4.69) is 15.8 Å². The van der Waals surface area contributed by atoms with Crippen molar-refractivity contribution < 1.29 is 23.1 Å². The second-order valence-electron chi connectivity index (χ2n) is 6.15. The molecule has 0 aliphatic rings. The molecular formula is C22H20FN3O4. The topological polar surface area (TPSA) is 92.9 Å². The van der Waals surface area contributed by atoms with Crippen molar-refractivity contribution in [2.24, 2.45) is 5.10 Å². The summed E-state index contributed by atoms with van der Waals surface area (Å²) in [5, 5.41) is 6.71. The fourth-order valence-electron chi connectivity index (χ4n) is 2.52. The zero-order valence-corrected chi connectivity index (χ0v) is 16.2. The molecule has 3 aromatic rings. The van der Waals surface area contributed by atoms with Crippen molar-refractivity contribution in [2.45, 2.75) is 6.92 Å². The number of halogens is 1. The van der Waals surface area contributed by atoms with Crippen LogP contribution in [0.1, 0.15) is 23.0 Å². The summed E-state index contributed by atoms with van der Waals surface area (Å²) in [6, 6.07) is 16.0. The second-order valence-corrected chi connectivity index (χ2v) is 6.15. The van der Waals surface area contributed by atoms with Gasteiger partial charge in [0.1, 0.15) is 17.3 Å². The number of hydrazone groups is 1. The summed E-state index contributed by atoms with van der Waals surface area (Å²) in [7, 11) is 0. The number of hydrogen-bond acceptors (Lipinski definition) is 6. The summed E-state index contributed by atoms with van der Waals surface area (Å²) >= 11 is 0. The van der Waals surface area contributed by atoms with Crippen LogP contribution >= 0.6 is 0 Å². The minimum atomic E-state index is -0.374. The average molecular weight is 409 g/mol. The van der Waals surface area contributed by atoms with Gasteiger partial charge in [-0.15, -0.1) is 0 Å². The van der Waals surface area contributed by atoms with Crippen molar-refractivity contribution in [3.05, 3.63) is 77.8 Å². The van der Waals surface area contributed by atoms with Crippen molar-refractivity contribution in [3.63, 3.8) is 0 Å². The highest BCUT2D eigenvalue weighted by Gasteiger charge is 2.08. The molecule has 2 N–H and O–H groups in total. The van der Waals surface area contributed by atoms with E-state index in [0.717, 1.165) is 5.56 Å². The first-order chi connectivity index (χ1) is 14.5. The van der Waals surface area contributed by atoms with Crippen LogP contribution in [0.25, 0.3) is 11.3 Å². The molecular weight excluding hydrogens is 389 g/mol. The van der Waals surface area contributed by atoms with Crippen LogP contribution in [0.2, 0.25) is 0 Å². The largest absolute Gasteiger partial charge is 0.462 e. The van der Waals surface area contributed by atoms with Crippen LogP contribution in [0.15, 0.2) is 70.2 Å². The highest BCUT2D eigenvalue weighted by molar-refractivity contribution is 5.90. The lowest BCUT2D eigenvalue weighted by atomic mass is 10.1.